The molecule has 0 aliphatic carbocycles. The molecular formula is C15H22N4O. The summed E-state index contributed by atoms with van der Waals surface area (Å²) in [6.45, 7) is 6.76. The van der Waals surface area contributed by atoms with E-state index in [2.05, 4.69) is 18.0 Å². The van der Waals surface area contributed by atoms with Gasteiger partial charge in [0.05, 0.1) is 12.0 Å². The van der Waals surface area contributed by atoms with Crippen LogP contribution < -0.4 is 5.73 Å². The second kappa shape index (κ2) is 7.49. The number of carbonyl (C=O) groups excluding carboxylic acids is 1. The predicted octanol–water partition coefficient (Wildman–Crippen LogP) is 2.24. The van der Waals surface area contributed by atoms with Crippen LogP contribution in [0.5, 0.6) is 0 Å². The van der Waals surface area contributed by atoms with Crippen molar-refractivity contribution in [2.24, 2.45) is 5.92 Å². The Hall–Kier alpha value is -2.09. The molecule has 0 saturated heterocycles. The van der Waals surface area contributed by atoms with Crippen LogP contribution in [-0.2, 0) is 6.42 Å². The molecule has 1 aromatic heterocycles. The first-order valence-electron chi connectivity index (χ1n) is 6.97. The number of rotatable bonds is 6. The van der Waals surface area contributed by atoms with Crippen LogP contribution in [0.15, 0.2) is 12.1 Å². The van der Waals surface area contributed by atoms with Crippen LogP contribution in [0.25, 0.3) is 0 Å². The highest BCUT2D eigenvalue weighted by Gasteiger charge is 2.17. The van der Waals surface area contributed by atoms with Crippen molar-refractivity contribution in [1.82, 2.24) is 9.88 Å². The van der Waals surface area contributed by atoms with Crippen molar-refractivity contribution in [1.29, 1.82) is 5.26 Å². The Bertz CT molecular complexity index is 507. The molecule has 0 fully saturated rings. The van der Waals surface area contributed by atoms with Crippen LogP contribution in [-0.4, -0.2) is 28.9 Å². The normalized spacial score (nSPS) is 11.7. The van der Waals surface area contributed by atoms with Crippen LogP contribution >= 0.6 is 0 Å². The molecule has 1 amide bonds. The van der Waals surface area contributed by atoms with Gasteiger partial charge in [0.1, 0.15) is 5.82 Å². The van der Waals surface area contributed by atoms with Gasteiger partial charge in [0.2, 0.25) is 0 Å². The van der Waals surface area contributed by atoms with Crippen molar-refractivity contribution in [2.45, 2.75) is 33.6 Å². The molecule has 2 N–H and O–H groups in total. The fourth-order valence-corrected chi connectivity index (χ4v) is 2.03. The zero-order valence-electron chi connectivity index (χ0n) is 12.4. The highest BCUT2D eigenvalue weighted by molar-refractivity contribution is 5.95. The summed E-state index contributed by atoms with van der Waals surface area (Å²) in [6, 6.07) is 5.54. The molecule has 5 heteroatoms. The van der Waals surface area contributed by atoms with Gasteiger partial charge >= 0.3 is 0 Å². The van der Waals surface area contributed by atoms with Gasteiger partial charge < -0.3 is 10.6 Å². The highest BCUT2D eigenvalue weighted by atomic mass is 16.2. The Balaban J connectivity index is 2.97. The summed E-state index contributed by atoms with van der Waals surface area (Å²) in [4.78, 5) is 18.4. The van der Waals surface area contributed by atoms with Crippen molar-refractivity contribution in [2.75, 3.05) is 18.8 Å². The van der Waals surface area contributed by atoms with Gasteiger partial charge in [-0.25, -0.2) is 4.98 Å². The largest absolute Gasteiger partial charge is 0.384 e. The summed E-state index contributed by atoms with van der Waals surface area (Å²) in [5.74, 6) is 0.0814. The average molecular weight is 274 g/mol. The summed E-state index contributed by atoms with van der Waals surface area (Å²) in [5.41, 5.74) is 7.14. The van der Waals surface area contributed by atoms with Gasteiger partial charge in [-0.05, 0) is 32.4 Å². The number of carbonyl (C=O) groups is 1. The molecule has 0 saturated carbocycles. The van der Waals surface area contributed by atoms with E-state index in [1.165, 1.54) is 0 Å². The molecule has 0 aromatic carbocycles. The minimum atomic E-state index is -0.187. The van der Waals surface area contributed by atoms with E-state index in [1.54, 1.807) is 24.0 Å². The molecule has 20 heavy (non-hydrogen) atoms. The molecule has 1 aromatic rings. The van der Waals surface area contributed by atoms with Gasteiger partial charge in [-0.3, -0.25) is 4.79 Å². The zero-order chi connectivity index (χ0) is 15.1. The maximum absolute atomic E-state index is 12.5. The van der Waals surface area contributed by atoms with Crippen molar-refractivity contribution in [3.63, 3.8) is 0 Å². The fraction of sp³-hybridized carbons (Fsp3) is 0.533. The quantitative estimate of drug-likeness (QED) is 0.862. The van der Waals surface area contributed by atoms with Gasteiger partial charge in [0, 0.05) is 24.3 Å². The van der Waals surface area contributed by atoms with Crippen LogP contribution in [0.2, 0.25) is 0 Å². The molecule has 1 atom stereocenters. The Morgan fingerprint density at radius 1 is 1.50 bits per heavy atom. The van der Waals surface area contributed by atoms with Gasteiger partial charge in [-0.2, -0.15) is 5.26 Å². The first-order valence-corrected chi connectivity index (χ1v) is 6.97. The molecule has 1 rings (SSSR count). The van der Waals surface area contributed by atoms with E-state index in [4.69, 9.17) is 11.0 Å². The number of amides is 1. The Morgan fingerprint density at radius 3 is 2.75 bits per heavy atom. The minimum Gasteiger partial charge on any atom is -0.384 e. The van der Waals surface area contributed by atoms with Crippen LogP contribution in [0.3, 0.4) is 0 Å². The van der Waals surface area contributed by atoms with Gasteiger partial charge in [0.15, 0.2) is 0 Å². The summed E-state index contributed by atoms with van der Waals surface area (Å²) in [7, 11) is 0. The average Bonchev–Trinajstić information content (AvgIpc) is 2.43. The second-order valence-corrected chi connectivity index (χ2v) is 4.90. The fourth-order valence-electron chi connectivity index (χ4n) is 2.03. The van der Waals surface area contributed by atoms with Crippen LogP contribution in [0.4, 0.5) is 5.82 Å². The van der Waals surface area contributed by atoms with E-state index in [9.17, 15) is 4.79 Å². The number of pyridine rings is 1. The highest BCUT2D eigenvalue weighted by Crippen LogP contribution is 2.13. The zero-order valence-corrected chi connectivity index (χ0v) is 12.4. The van der Waals surface area contributed by atoms with Crippen LogP contribution in [0.1, 0.15) is 43.2 Å². The number of aryl methyl sites for hydroxylation is 1. The third-order valence-electron chi connectivity index (χ3n) is 3.03. The third kappa shape index (κ3) is 4.23. The number of nitrogen functional groups attached to an aromatic ring is 1. The third-order valence-corrected chi connectivity index (χ3v) is 3.03. The Morgan fingerprint density at radius 2 is 2.20 bits per heavy atom. The summed E-state index contributed by atoms with van der Waals surface area (Å²) in [6.07, 6.45) is 1.75. The van der Waals surface area contributed by atoms with Crippen LogP contribution in [0, 0.1) is 17.2 Å². The minimum absolute atomic E-state index is 0.0962. The SMILES string of the molecule is CCCc1cc(C(=O)N(CC)CC(C)C#N)cc(N)n1. The topological polar surface area (TPSA) is 83.0 Å². The molecule has 0 aliphatic rings. The lowest BCUT2D eigenvalue weighted by atomic mass is 10.1. The first-order chi connectivity index (χ1) is 9.51. The van der Waals surface area contributed by atoms with Crippen molar-refractivity contribution in [3.8, 4) is 6.07 Å². The Labute approximate surface area is 120 Å². The molecule has 5 nitrogen and oxygen atoms in total. The lowest BCUT2D eigenvalue weighted by molar-refractivity contribution is 0.0752. The van der Waals surface area contributed by atoms with Crippen molar-refractivity contribution >= 4 is 11.7 Å². The van der Waals surface area contributed by atoms with Gasteiger partial charge in [-0.15, -0.1) is 0 Å². The molecule has 108 valence electrons. The number of anilines is 1. The number of nitrogens with two attached hydrogens (primary N) is 1. The molecule has 0 radical (unpaired) electrons. The van der Waals surface area contributed by atoms with E-state index in [1.807, 2.05) is 6.92 Å². The number of hydrogen-bond donors (Lipinski definition) is 1. The maximum atomic E-state index is 12.5. The van der Waals surface area contributed by atoms with Crippen molar-refractivity contribution in [3.05, 3.63) is 23.4 Å². The number of nitriles is 1. The smallest absolute Gasteiger partial charge is 0.254 e. The summed E-state index contributed by atoms with van der Waals surface area (Å²) in [5, 5.41) is 8.87. The maximum Gasteiger partial charge on any atom is 0.254 e. The lowest BCUT2D eigenvalue weighted by Gasteiger charge is -2.22. The molecule has 0 bridgehead atoms. The van der Waals surface area contributed by atoms with E-state index in [0.717, 1.165) is 18.5 Å². The number of hydrogen-bond acceptors (Lipinski definition) is 4. The van der Waals surface area contributed by atoms with E-state index < -0.39 is 0 Å². The molecule has 0 spiro atoms. The lowest BCUT2D eigenvalue weighted by Crippen LogP contribution is -2.34. The summed E-state index contributed by atoms with van der Waals surface area (Å²) >= 11 is 0. The van der Waals surface area contributed by atoms with E-state index in [-0.39, 0.29) is 11.8 Å². The predicted molar refractivity (Wildman–Crippen MR) is 79.0 cm³/mol. The monoisotopic (exact) mass is 274 g/mol. The van der Waals surface area contributed by atoms with E-state index >= 15 is 0 Å². The Kier molecular flexibility index (Phi) is 5.98. The molecular weight excluding hydrogens is 252 g/mol. The molecule has 1 heterocycles. The van der Waals surface area contributed by atoms with E-state index in [0.29, 0.717) is 24.5 Å². The number of aromatic nitrogens is 1. The van der Waals surface area contributed by atoms with Crippen molar-refractivity contribution < 1.29 is 4.79 Å². The van der Waals surface area contributed by atoms with Gasteiger partial charge in [-0.1, -0.05) is 13.3 Å². The molecule has 0 aliphatic heterocycles. The second-order valence-electron chi connectivity index (χ2n) is 4.90. The standard InChI is InChI=1S/C15H22N4O/c1-4-6-13-7-12(8-14(17)18-13)15(20)19(5-2)10-11(3)9-16/h7-8,11H,4-6,10H2,1-3H3,(H2,17,18). The summed E-state index contributed by atoms with van der Waals surface area (Å²) < 4.78 is 0. The van der Waals surface area contributed by atoms with Gasteiger partial charge in [0.25, 0.3) is 5.91 Å². The first kappa shape index (κ1) is 16.0. The number of nitrogens with zero attached hydrogens (tertiary/aromatic N) is 3. The molecule has 1 unspecified atom stereocenters.